The molecule has 67 heavy (non-hydrogen) atoms. The Hall–Kier alpha value is -5.80. The number of carbonyl (C=O) groups excluding carboxylic acids is 5. The van der Waals surface area contributed by atoms with E-state index in [0.29, 0.717) is 37.3 Å². The number of aromatic hydroxyl groups is 1. The van der Waals surface area contributed by atoms with Crippen molar-refractivity contribution in [2.75, 3.05) is 33.8 Å². The highest BCUT2D eigenvalue weighted by Crippen LogP contribution is 2.43. The van der Waals surface area contributed by atoms with Gasteiger partial charge in [0.1, 0.15) is 29.9 Å². The number of cyclic esters (lactones) is 1. The molecule has 0 unspecified atom stereocenters. The molecule has 4 amide bonds. The SMILES string of the molecule is CCn1c(-c2cccnc2C(C)C)c2c3cc(ccc31)-c1cc(O)cc(c1)C[C@H](NC(=O)[C@H](C(C)C)N(C)C(=O)CN(C)C(=O)[C@@H]1N[C@@H]1C1CC1)C(=O)N1CCC[C@H](N1)C(=O)OCC(C)(C)C2. The minimum absolute atomic E-state index is 0.00236. The summed E-state index contributed by atoms with van der Waals surface area (Å²) in [4.78, 5) is 77.7. The van der Waals surface area contributed by atoms with Crippen LogP contribution in [0.3, 0.4) is 0 Å². The van der Waals surface area contributed by atoms with E-state index in [-0.39, 0.29) is 61.7 Å². The van der Waals surface area contributed by atoms with Crippen LogP contribution in [0, 0.1) is 17.3 Å². The number of carbonyl (C=O) groups is 5. The number of ether oxygens (including phenoxy) is 1. The number of phenols is 1. The molecule has 1 aliphatic carbocycles. The predicted octanol–water partition coefficient (Wildman–Crippen LogP) is 5.56. The minimum atomic E-state index is -1.17. The molecular formula is C52H68N8O7. The maximum absolute atomic E-state index is 14.7. The summed E-state index contributed by atoms with van der Waals surface area (Å²) in [5.41, 5.74) is 10.1. The van der Waals surface area contributed by atoms with E-state index in [0.717, 1.165) is 57.4 Å². The number of nitrogens with zero attached hydrogens (tertiary/aromatic N) is 5. The second-order valence-corrected chi connectivity index (χ2v) is 20.7. The van der Waals surface area contributed by atoms with Gasteiger partial charge in [0.2, 0.25) is 17.7 Å². The van der Waals surface area contributed by atoms with Gasteiger partial charge in [-0.1, -0.05) is 53.7 Å². The summed E-state index contributed by atoms with van der Waals surface area (Å²) in [7, 11) is 3.15. The van der Waals surface area contributed by atoms with Crippen LogP contribution in [-0.2, 0) is 48.1 Å². The quantitative estimate of drug-likeness (QED) is 0.110. The van der Waals surface area contributed by atoms with Gasteiger partial charge < -0.3 is 29.5 Å². The molecule has 5 heterocycles. The molecule has 358 valence electrons. The summed E-state index contributed by atoms with van der Waals surface area (Å²) in [6, 6.07) is 12.6. The molecule has 2 aromatic carbocycles. The molecular weight excluding hydrogens is 849 g/mol. The van der Waals surface area contributed by atoms with Crippen molar-refractivity contribution < 1.29 is 33.8 Å². The van der Waals surface area contributed by atoms with Crippen LogP contribution in [0.1, 0.15) is 96.9 Å². The van der Waals surface area contributed by atoms with Crippen molar-refractivity contribution >= 4 is 40.5 Å². The zero-order chi connectivity index (χ0) is 48.1. The number of hydrogen-bond donors (Lipinski definition) is 4. The molecule has 2 saturated heterocycles. The van der Waals surface area contributed by atoms with Gasteiger partial charge >= 0.3 is 5.97 Å². The van der Waals surface area contributed by atoms with Crippen molar-refractivity contribution in [1.29, 1.82) is 0 Å². The lowest BCUT2D eigenvalue weighted by molar-refractivity contribution is -0.155. The second kappa shape index (κ2) is 19.1. The predicted molar refractivity (Wildman–Crippen MR) is 256 cm³/mol. The van der Waals surface area contributed by atoms with E-state index in [2.05, 4.69) is 73.4 Å². The van der Waals surface area contributed by atoms with Gasteiger partial charge in [0.15, 0.2) is 0 Å². The van der Waals surface area contributed by atoms with Crippen molar-refractivity contribution in [3.63, 3.8) is 0 Å². The van der Waals surface area contributed by atoms with Crippen molar-refractivity contribution in [2.24, 2.45) is 17.3 Å². The average molecular weight is 917 g/mol. The summed E-state index contributed by atoms with van der Waals surface area (Å²) in [5.74, 6) is -1.74. The summed E-state index contributed by atoms with van der Waals surface area (Å²) >= 11 is 0. The zero-order valence-corrected chi connectivity index (χ0v) is 40.5. The Morgan fingerprint density at radius 2 is 1.78 bits per heavy atom. The first kappa shape index (κ1) is 47.7. The number of pyridine rings is 1. The van der Waals surface area contributed by atoms with Gasteiger partial charge in [-0.3, -0.25) is 39.3 Å². The number of benzene rings is 2. The third kappa shape index (κ3) is 10.1. The second-order valence-electron chi connectivity index (χ2n) is 20.7. The molecule has 3 aliphatic heterocycles. The summed E-state index contributed by atoms with van der Waals surface area (Å²) in [5, 5.41) is 20.0. The number of hydrogen-bond acceptors (Lipinski definition) is 10. The van der Waals surface area contributed by atoms with Gasteiger partial charge in [-0.25, -0.2) is 5.43 Å². The topological polar surface area (TPSA) is 188 Å². The van der Waals surface area contributed by atoms with E-state index >= 15 is 0 Å². The first-order valence-electron chi connectivity index (χ1n) is 24.1. The number of aryl methyl sites for hydroxylation is 1. The van der Waals surface area contributed by atoms with Crippen LogP contribution in [0.25, 0.3) is 33.3 Å². The van der Waals surface area contributed by atoms with Gasteiger partial charge in [0, 0.05) is 67.7 Å². The van der Waals surface area contributed by atoms with Gasteiger partial charge in [0.25, 0.3) is 5.91 Å². The fourth-order valence-electron chi connectivity index (χ4n) is 10.3. The van der Waals surface area contributed by atoms with Crippen LogP contribution >= 0.6 is 0 Å². The number of fused-ring (bicyclic) bond motifs is 6. The number of nitrogens with one attached hydrogen (secondary N) is 3. The zero-order valence-electron chi connectivity index (χ0n) is 40.5. The number of hydrazine groups is 1. The molecule has 4 N–H and O–H groups in total. The van der Waals surface area contributed by atoms with Crippen LogP contribution in [0.4, 0.5) is 0 Å². The lowest BCUT2D eigenvalue weighted by atomic mass is 9.83. The molecule has 4 aromatic rings. The van der Waals surface area contributed by atoms with Gasteiger partial charge in [0.05, 0.1) is 24.5 Å². The highest BCUT2D eigenvalue weighted by molar-refractivity contribution is 5.96. The van der Waals surface area contributed by atoms with Crippen LogP contribution < -0.4 is 16.1 Å². The van der Waals surface area contributed by atoms with E-state index in [1.54, 1.807) is 26.2 Å². The highest BCUT2D eigenvalue weighted by atomic mass is 16.5. The van der Waals surface area contributed by atoms with Crippen LogP contribution in [0.15, 0.2) is 54.7 Å². The van der Waals surface area contributed by atoms with Crippen molar-refractivity contribution in [3.05, 3.63) is 71.5 Å². The molecule has 8 rings (SSSR count). The van der Waals surface area contributed by atoms with E-state index in [1.165, 1.54) is 14.8 Å². The molecule has 5 atom stereocenters. The molecule has 6 bridgehead atoms. The Morgan fingerprint density at radius 1 is 1.01 bits per heavy atom. The number of aromatic nitrogens is 2. The monoisotopic (exact) mass is 917 g/mol. The lowest BCUT2D eigenvalue weighted by Gasteiger charge is -2.37. The normalized spacial score (nSPS) is 22.3. The standard InChI is InChI=1S/C52H68N8O7/c1-10-59-41-18-17-33-25-37(41)38(47(59)36-13-11-19-53-43(36)29(2)3)26-52(6,7)28-67-51(66)39-14-12-20-60(56-39)49(64)40(23-31-21-34(33)24-35(61)22-31)54-48(63)46(30(4)5)58(9)42(62)27-57(8)50(65)45-44(55-45)32-15-16-32/h11,13,17-19,21-22,24-25,29-30,32,39-40,44-46,55-56,61H,10,12,14-16,20,23,26-28H2,1-9H3,(H,54,63)/t39-,40-,44+,45+,46-/m0/s1. The van der Waals surface area contributed by atoms with Crippen LogP contribution in [0.5, 0.6) is 5.75 Å². The summed E-state index contributed by atoms with van der Waals surface area (Å²) < 4.78 is 8.45. The van der Waals surface area contributed by atoms with Gasteiger partial charge in [-0.2, -0.15) is 0 Å². The molecule has 2 aromatic heterocycles. The Morgan fingerprint density at radius 3 is 2.48 bits per heavy atom. The Bertz CT molecular complexity index is 2560. The number of rotatable bonds is 11. The third-order valence-corrected chi connectivity index (χ3v) is 14.0. The van der Waals surface area contributed by atoms with E-state index < -0.39 is 47.2 Å². The van der Waals surface area contributed by atoms with Crippen molar-refractivity contribution in [2.45, 2.75) is 130 Å². The smallest absolute Gasteiger partial charge is 0.324 e. The van der Waals surface area contributed by atoms with Gasteiger partial charge in [-0.05, 0) is 115 Å². The van der Waals surface area contributed by atoms with E-state index in [1.807, 2.05) is 38.2 Å². The Labute approximate surface area is 394 Å². The molecule has 0 spiro atoms. The van der Waals surface area contributed by atoms with Crippen molar-refractivity contribution in [1.82, 2.24) is 40.4 Å². The van der Waals surface area contributed by atoms with Gasteiger partial charge in [-0.15, -0.1) is 0 Å². The molecule has 15 nitrogen and oxygen atoms in total. The fraction of sp³-hybridized carbons (Fsp3) is 0.538. The van der Waals surface area contributed by atoms with Crippen molar-refractivity contribution in [3.8, 4) is 28.1 Å². The van der Waals surface area contributed by atoms with Crippen LogP contribution in [0.2, 0.25) is 0 Å². The summed E-state index contributed by atoms with van der Waals surface area (Å²) in [6.45, 7) is 15.2. The maximum atomic E-state index is 14.7. The molecule has 15 heteroatoms. The lowest BCUT2D eigenvalue weighted by Crippen LogP contribution is -2.62. The number of likely N-dealkylation sites (N-methyl/N-ethyl adjacent to an activating group) is 2. The Kier molecular flexibility index (Phi) is 13.6. The largest absolute Gasteiger partial charge is 0.508 e. The minimum Gasteiger partial charge on any atom is -0.508 e. The number of phenolic OH excluding ortho intramolecular Hbond substituents is 1. The number of esters is 1. The molecule has 0 radical (unpaired) electrons. The molecule has 1 saturated carbocycles. The average Bonchev–Trinajstić information content (AvgIpc) is 4.24. The van der Waals surface area contributed by atoms with E-state index in [4.69, 9.17) is 9.72 Å². The Balaban J connectivity index is 1.15. The molecule has 3 fully saturated rings. The summed E-state index contributed by atoms with van der Waals surface area (Å²) in [6.07, 6.45) is 5.57. The third-order valence-electron chi connectivity index (χ3n) is 14.0. The number of amides is 4. The highest BCUT2D eigenvalue weighted by Gasteiger charge is 2.52. The maximum Gasteiger partial charge on any atom is 0.324 e. The molecule has 4 aliphatic rings. The first-order chi connectivity index (χ1) is 31.8. The van der Waals surface area contributed by atoms with E-state index in [9.17, 15) is 29.1 Å². The van der Waals surface area contributed by atoms with Crippen LogP contribution in [-0.4, -0.2) is 123 Å². The first-order valence-corrected chi connectivity index (χ1v) is 24.1. The fourth-order valence-corrected chi connectivity index (χ4v) is 10.3.